The average molecular weight is 177 g/mol. The number of rotatable bonds is 1. The van der Waals surface area contributed by atoms with Crippen molar-refractivity contribution in [1.82, 2.24) is 5.32 Å². The molecule has 70 valence electrons. The Bertz CT molecular complexity index is 305. The summed E-state index contributed by atoms with van der Waals surface area (Å²) in [4.78, 5) is 0. The van der Waals surface area contributed by atoms with E-state index in [1.807, 2.05) is 0 Å². The Morgan fingerprint density at radius 3 is 3.08 bits per heavy atom. The first-order chi connectivity index (χ1) is 6.29. The second kappa shape index (κ2) is 3.46. The molecular formula is C11H17N2+. The smallest absolute Gasteiger partial charge is 0.198 e. The molecule has 1 aromatic rings. The van der Waals surface area contributed by atoms with E-state index in [9.17, 15) is 0 Å². The zero-order valence-electron chi connectivity index (χ0n) is 8.38. The highest BCUT2D eigenvalue weighted by Crippen LogP contribution is 2.10. The third-order valence-corrected chi connectivity index (χ3v) is 2.65. The lowest BCUT2D eigenvalue weighted by molar-refractivity contribution is -0.724. The Balaban J connectivity index is 2.46. The first-order valence-corrected chi connectivity index (χ1v) is 5.01. The minimum atomic E-state index is 0.565. The molecule has 2 rings (SSSR count). The van der Waals surface area contributed by atoms with Crippen LogP contribution in [-0.2, 0) is 13.0 Å². The zero-order valence-corrected chi connectivity index (χ0v) is 8.38. The molecule has 0 amide bonds. The van der Waals surface area contributed by atoms with E-state index in [-0.39, 0.29) is 0 Å². The van der Waals surface area contributed by atoms with Crippen LogP contribution in [0.25, 0.3) is 0 Å². The summed E-state index contributed by atoms with van der Waals surface area (Å²) in [6.07, 6.45) is 3.35. The maximum Gasteiger partial charge on any atom is 0.198 e. The van der Waals surface area contributed by atoms with Crippen LogP contribution >= 0.6 is 0 Å². The summed E-state index contributed by atoms with van der Waals surface area (Å²) >= 11 is 0. The van der Waals surface area contributed by atoms with E-state index in [4.69, 9.17) is 0 Å². The Morgan fingerprint density at radius 1 is 1.46 bits per heavy atom. The van der Waals surface area contributed by atoms with Crippen LogP contribution in [-0.4, -0.2) is 6.54 Å². The maximum absolute atomic E-state index is 3.42. The summed E-state index contributed by atoms with van der Waals surface area (Å²) in [7, 11) is 0. The second-order valence-electron chi connectivity index (χ2n) is 3.91. The SMILES string of the molecule is CC(C)[n+]1cccc2c1CNCC2. The molecule has 0 aliphatic carbocycles. The van der Waals surface area contributed by atoms with Crippen molar-refractivity contribution in [1.29, 1.82) is 0 Å². The molecule has 2 heterocycles. The van der Waals surface area contributed by atoms with Crippen molar-refractivity contribution in [3.63, 3.8) is 0 Å². The molecule has 1 aliphatic heterocycles. The highest BCUT2D eigenvalue weighted by Gasteiger charge is 2.20. The van der Waals surface area contributed by atoms with Crippen molar-refractivity contribution >= 4 is 0 Å². The van der Waals surface area contributed by atoms with Gasteiger partial charge in [0.05, 0.1) is 6.54 Å². The molecule has 1 aliphatic rings. The summed E-state index contributed by atoms with van der Waals surface area (Å²) in [5, 5.41) is 3.42. The number of fused-ring (bicyclic) bond motifs is 1. The van der Waals surface area contributed by atoms with Crippen LogP contribution < -0.4 is 9.88 Å². The monoisotopic (exact) mass is 177 g/mol. The summed E-state index contributed by atoms with van der Waals surface area (Å²) in [6, 6.07) is 4.97. The van der Waals surface area contributed by atoms with Gasteiger partial charge in [-0.15, -0.1) is 0 Å². The van der Waals surface area contributed by atoms with Crippen LogP contribution in [0.2, 0.25) is 0 Å². The van der Waals surface area contributed by atoms with E-state index in [1.165, 1.54) is 17.7 Å². The Morgan fingerprint density at radius 2 is 2.31 bits per heavy atom. The third-order valence-electron chi connectivity index (χ3n) is 2.65. The molecule has 0 spiro atoms. The molecule has 1 aromatic heterocycles. The van der Waals surface area contributed by atoms with Crippen molar-refractivity contribution in [3.05, 3.63) is 29.6 Å². The van der Waals surface area contributed by atoms with Gasteiger partial charge in [-0.2, -0.15) is 4.57 Å². The number of nitrogens with zero attached hydrogens (tertiary/aromatic N) is 1. The van der Waals surface area contributed by atoms with E-state index in [0.29, 0.717) is 6.04 Å². The van der Waals surface area contributed by atoms with Gasteiger partial charge in [0.1, 0.15) is 0 Å². The van der Waals surface area contributed by atoms with Crippen LogP contribution in [0.15, 0.2) is 18.3 Å². The minimum absolute atomic E-state index is 0.565. The van der Waals surface area contributed by atoms with E-state index in [1.54, 1.807) is 0 Å². The summed E-state index contributed by atoms with van der Waals surface area (Å²) in [5.41, 5.74) is 2.97. The third kappa shape index (κ3) is 1.59. The molecule has 0 aromatic carbocycles. The summed E-state index contributed by atoms with van der Waals surface area (Å²) in [5.74, 6) is 0. The lowest BCUT2D eigenvalue weighted by Gasteiger charge is -2.16. The molecule has 0 unspecified atom stereocenters. The topological polar surface area (TPSA) is 15.9 Å². The van der Waals surface area contributed by atoms with Gasteiger partial charge in [0.2, 0.25) is 0 Å². The lowest BCUT2D eigenvalue weighted by atomic mass is 10.1. The van der Waals surface area contributed by atoms with E-state index in [0.717, 1.165) is 13.1 Å². The predicted molar refractivity (Wildman–Crippen MR) is 52.4 cm³/mol. The molecule has 0 saturated carbocycles. The van der Waals surface area contributed by atoms with Crippen molar-refractivity contribution in [3.8, 4) is 0 Å². The largest absolute Gasteiger partial charge is 0.307 e. The molecular weight excluding hydrogens is 160 g/mol. The standard InChI is InChI=1S/C11H17N2/c1-9(2)13-7-3-4-10-5-6-12-8-11(10)13/h3-4,7,9,12H,5-6,8H2,1-2H3/q+1. The van der Waals surface area contributed by atoms with Gasteiger partial charge in [0.15, 0.2) is 17.9 Å². The first-order valence-electron chi connectivity index (χ1n) is 5.01. The number of hydrogen-bond acceptors (Lipinski definition) is 1. The van der Waals surface area contributed by atoms with Crippen molar-refractivity contribution in [2.75, 3.05) is 6.54 Å². The fraction of sp³-hybridized carbons (Fsp3) is 0.545. The van der Waals surface area contributed by atoms with E-state index < -0.39 is 0 Å². The first kappa shape index (κ1) is 8.70. The van der Waals surface area contributed by atoms with Crippen LogP contribution in [0.4, 0.5) is 0 Å². The Labute approximate surface area is 79.6 Å². The quantitative estimate of drug-likeness (QED) is 0.637. The van der Waals surface area contributed by atoms with Gasteiger partial charge < -0.3 is 5.32 Å². The minimum Gasteiger partial charge on any atom is -0.307 e. The van der Waals surface area contributed by atoms with Gasteiger partial charge in [-0.3, -0.25) is 0 Å². The highest BCUT2D eigenvalue weighted by molar-refractivity contribution is 5.18. The highest BCUT2D eigenvalue weighted by atomic mass is 15.0. The van der Waals surface area contributed by atoms with Gasteiger partial charge in [-0.25, -0.2) is 0 Å². The molecule has 0 atom stereocenters. The van der Waals surface area contributed by atoms with Crippen LogP contribution in [0.5, 0.6) is 0 Å². The van der Waals surface area contributed by atoms with Crippen molar-refractivity contribution < 1.29 is 4.57 Å². The van der Waals surface area contributed by atoms with Gasteiger partial charge in [0.25, 0.3) is 0 Å². The summed E-state index contributed by atoms with van der Waals surface area (Å²) < 4.78 is 2.36. The van der Waals surface area contributed by atoms with Crippen molar-refractivity contribution in [2.45, 2.75) is 32.9 Å². The average Bonchev–Trinajstić information content (AvgIpc) is 2.17. The van der Waals surface area contributed by atoms with Crippen LogP contribution in [0.3, 0.4) is 0 Å². The zero-order chi connectivity index (χ0) is 9.26. The molecule has 1 N–H and O–H groups in total. The van der Waals surface area contributed by atoms with Crippen molar-refractivity contribution in [2.24, 2.45) is 0 Å². The Kier molecular flexibility index (Phi) is 2.32. The number of hydrogen-bond donors (Lipinski definition) is 1. The van der Waals surface area contributed by atoms with Crippen LogP contribution in [0, 0.1) is 0 Å². The van der Waals surface area contributed by atoms with Gasteiger partial charge in [-0.1, -0.05) is 0 Å². The summed E-state index contributed by atoms with van der Waals surface area (Å²) in [6.45, 7) is 6.60. The second-order valence-corrected chi connectivity index (χ2v) is 3.91. The van der Waals surface area contributed by atoms with Crippen LogP contribution in [0.1, 0.15) is 31.1 Å². The number of nitrogens with one attached hydrogen (secondary N) is 1. The van der Waals surface area contributed by atoms with Gasteiger partial charge >= 0.3 is 0 Å². The maximum atomic E-state index is 3.42. The van der Waals surface area contributed by atoms with E-state index >= 15 is 0 Å². The fourth-order valence-corrected chi connectivity index (χ4v) is 1.95. The molecule has 2 heteroatoms. The number of aromatic nitrogens is 1. The lowest BCUT2D eigenvalue weighted by Crippen LogP contribution is -2.45. The fourth-order valence-electron chi connectivity index (χ4n) is 1.95. The molecule has 0 radical (unpaired) electrons. The van der Waals surface area contributed by atoms with Gasteiger partial charge in [0, 0.05) is 11.6 Å². The van der Waals surface area contributed by atoms with Gasteiger partial charge in [-0.05, 0) is 32.9 Å². The molecule has 0 fully saturated rings. The normalized spacial score (nSPS) is 15.9. The van der Waals surface area contributed by atoms with E-state index in [2.05, 4.69) is 42.1 Å². The molecule has 0 saturated heterocycles. The molecule has 0 bridgehead atoms. The number of pyridine rings is 1. The molecule has 2 nitrogen and oxygen atoms in total. The molecule has 13 heavy (non-hydrogen) atoms. The predicted octanol–water partition coefficient (Wildman–Crippen LogP) is 1.20. The Hall–Kier alpha value is -0.890.